The number of benzene rings is 2. The number of aromatic nitrogens is 1. The van der Waals surface area contributed by atoms with Crippen LogP contribution in [0.4, 0.5) is 4.79 Å². The molecule has 2 aromatic carbocycles. The molecule has 1 aromatic heterocycles. The van der Waals surface area contributed by atoms with Crippen LogP contribution in [-0.4, -0.2) is 41.4 Å². The first-order valence-electron chi connectivity index (χ1n) is 10.6. The van der Waals surface area contributed by atoms with Crippen LogP contribution in [0, 0.1) is 0 Å². The summed E-state index contributed by atoms with van der Waals surface area (Å²) in [6.45, 7) is 3.09. The lowest BCUT2D eigenvalue weighted by atomic mass is 10.0. The fraction of sp³-hybridized carbons (Fsp3) is 0.200. The van der Waals surface area contributed by atoms with Crippen LogP contribution in [0.3, 0.4) is 0 Å². The molecule has 1 aliphatic heterocycles. The first-order valence-corrected chi connectivity index (χ1v) is 10.6. The van der Waals surface area contributed by atoms with Gasteiger partial charge in [-0.05, 0) is 53.4 Å². The van der Waals surface area contributed by atoms with Crippen molar-refractivity contribution in [1.82, 2.24) is 20.5 Å². The molecular formula is C25H24N4O4. The maximum Gasteiger partial charge on any atom is 0.321 e. The van der Waals surface area contributed by atoms with Crippen molar-refractivity contribution in [2.75, 3.05) is 13.2 Å². The van der Waals surface area contributed by atoms with E-state index < -0.39 is 12.1 Å². The predicted molar refractivity (Wildman–Crippen MR) is 122 cm³/mol. The fourth-order valence-electron chi connectivity index (χ4n) is 3.90. The molecule has 2 heterocycles. The molecule has 0 saturated heterocycles. The summed E-state index contributed by atoms with van der Waals surface area (Å²) < 4.78 is 5.52. The molecule has 0 aliphatic carbocycles. The number of ether oxygens (including phenoxy) is 1. The van der Waals surface area contributed by atoms with E-state index in [2.05, 4.69) is 15.6 Å². The van der Waals surface area contributed by atoms with Gasteiger partial charge >= 0.3 is 6.03 Å². The van der Waals surface area contributed by atoms with Crippen LogP contribution in [-0.2, 0) is 11.3 Å². The van der Waals surface area contributed by atoms with Crippen molar-refractivity contribution in [1.29, 1.82) is 0 Å². The third-order valence-corrected chi connectivity index (χ3v) is 5.50. The highest BCUT2D eigenvalue weighted by atomic mass is 16.5. The summed E-state index contributed by atoms with van der Waals surface area (Å²) in [7, 11) is 0. The lowest BCUT2D eigenvalue weighted by Crippen LogP contribution is -2.42. The van der Waals surface area contributed by atoms with Crippen molar-refractivity contribution < 1.29 is 19.1 Å². The summed E-state index contributed by atoms with van der Waals surface area (Å²) in [4.78, 5) is 41.6. The van der Waals surface area contributed by atoms with Gasteiger partial charge in [-0.1, -0.05) is 30.3 Å². The van der Waals surface area contributed by atoms with E-state index >= 15 is 0 Å². The van der Waals surface area contributed by atoms with E-state index in [4.69, 9.17) is 4.74 Å². The Morgan fingerprint density at radius 3 is 2.55 bits per heavy atom. The SMILES string of the molecule is CCOc1ccc2c(c1)C(=O)N(C[C@H](NC(=O)NC=O)c1ccc(-c3ccncc3)cc1)C2. The molecule has 8 nitrogen and oxygen atoms in total. The topological polar surface area (TPSA) is 101 Å². The maximum atomic E-state index is 13.1. The zero-order valence-electron chi connectivity index (χ0n) is 18.2. The van der Waals surface area contributed by atoms with E-state index in [1.165, 1.54) is 0 Å². The second kappa shape index (κ2) is 9.95. The molecule has 4 rings (SSSR count). The molecule has 8 heteroatoms. The normalized spacial score (nSPS) is 13.2. The first kappa shape index (κ1) is 22.0. The van der Waals surface area contributed by atoms with Gasteiger partial charge in [-0.3, -0.25) is 19.9 Å². The van der Waals surface area contributed by atoms with Crippen molar-refractivity contribution in [2.45, 2.75) is 19.5 Å². The summed E-state index contributed by atoms with van der Waals surface area (Å²) in [6, 6.07) is 15.9. The molecule has 0 bridgehead atoms. The number of carbonyl (C=O) groups excluding carboxylic acids is 3. The number of fused-ring (bicyclic) bond motifs is 1. The minimum absolute atomic E-state index is 0.123. The van der Waals surface area contributed by atoms with Gasteiger partial charge < -0.3 is 15.0 Å². The van der Waals surface area contributed by atoms with Crippen LogP contribution in [0.15, 0.2) is 67.0 Å². The lowest BCUT2D eigenvalue weighted by molar-refractivity contribution is -0.108. The number of rotatable bonds is 8. The van der Waals surface area contributed by atoms with Gasteiger partial charge in [0, 0.05) is 31.0 Å². The number of imide groups is 1. The minimum atomic E-state index is -0.629. The van der Waals surface area contributed by atoms with Crippen molar-refractivity contribution in [2.24, 2.45) is 0 Å². The van der Waals surface area contributed by atoms with Gasteiger partial charge in [0.05, 0.1) is 12.6 Å². The highest BCUT2D eigenvalue weighted by Crippen LogP contribution is 2.29. The highest BCUT2D eigenvalue weighted by molar-refractivity contribution is 5.98. The Morgan fingerprint density at radius 1 is 1.12 bits per heavy atom. The van der Waals surface area contributed by atoms with Crippen molar-refractivity contribution in [3.8, 4) is 16.9 Å². The maximum absolute atomic E-state index is 13.1. The third kappa shape index (κ3) is 5.01. The predicted octanol–water partition coefficient (Wildman–Crippen LogP) is 3.30. The number of carbonyl (C=O) groups is 3. The van der Waals surface area contributed by atoms with Gasteiger partial charge in [-0.15, -0.1) is 0 Å². The Morgan fingerprint density at radius 2 is 1.85 bits per heavy atom. The van der Waals surface area contributed by atoms with Gasteiger partial charge in [-0.2, -0.15) is 0 Å². The molecule has 1 atom stereocenters. The number of hydrogen-bond acceptors (Lipinski definition) is 5. The Balaban J connectivity index is 1.55. The summed E-state index contributed by atoms with van der Waals surface area (Å²) in [5, 5.41) is 4.89. The van der Waals surface area contributed by atoms with Crippen molar-refractivity contribution in [3.05, 3.63) is 83.7 Å². The Bertz CT molecular complexity index is 1150. The third-order valence-electron chi connectivity index (χ3n) is 5.50. The number of pyridine rings is 1. The van der Waals surface area contributed by atoms with Crippen LogP contribution in [0.2, 0.25) is 0 Å². The highest BCUT2D eigenvalue weighted by Gasteiger charge is 2.30. The molecule has 4 amide bonds. The number of hydrogen-bond donors (Lipinski definition) is 2. The van der Waals surface area contributed by atoms with E-state index in [0.29, 0.717) is 30.9 Å². The van der Waals surface area contributed by atoms with E-state index in [9.17, 15) is 14.4 Å². The first-order chi connectivity index (χ1) is 16.1. The quantitative estimate of drug-likeness (QED) is 0.519. The van der Waals surface area contributed by atoms with Gasteiger partial charge in [0.15, 0.2) is 0 Å². The van der Waals surface area contributed by atoms with Crippen LogP contribution in [0.1, 0.15) is 34.5 Å². The second-order valence-corrected chi connectivity index (χ2v) is 7.58. The number of amides is 4. The fourth-order valence-corrected chi connectivity index (χ4v) is 3.90. The van der Waals surface area contributed by atoms with Crippen LogP contribution >= 0.6 is 0 Å². The van der Waals surface area contributed by atoms with Gasteiger partial charge in [0.1, 0.15) is 5.75 Å². The van der Waals surface area contributed by atoms with E-state index in [0.717, 1.165) is 22.3 Å². The Hall–Kier alpha value is -4.20. The lowest BCUT2D eigenvalue weighted by Gasteiger charge is -2.25. The van der Waals surface area contributed by atoms with Crippen LogP contribution in [0.25, 0.3) is 11.1 Å². The molecule has 0 fully saturated rings. The van der Waals surface area contributed by atoms with Crippen molar-refractivity contribution in [3.63, 3.8) is 0 Å². The molecule has 3 aromatic rings. The molecule has 0 radical (unpaired) electrons. The largest absolute Gasteiger partial charge is 0.494 e. The molecule has 0 unspecified atom stereocenters. The molecule has 33 heavy (non-hydrogen) atoms. The zero-order chi connectivity index (χ0) is 23.2. The second-order valence-electron chi connectivity index (χ2n) is 7.58. The molecule has 0 saturated carbocycles. The van der Waals surface area contributed by atoms with Gasteiger partial charge in [0.25, 0.3) is 5.91 Å². The zero-order valence-corrected chi connectivity index (χ0v) is 18.2. The Kier molecular flexibility index (Phi) is 6.64. The van der Waals surface area contributed by atoms with E-state index in [1.807, 2.05) is 55.5 Å². The van der Waals surface area contributed by atoms with Gasteiger partial charge in [0.2, 0.25) is 6.41 Å². The smallest absolute Gasteiger partial charge is 0.321 e. The molecule has 0 spiro atoms. The minimum Gasteiger partial charge on any atom is -0.494 e. The monoisotopic (exact) mass is 444 g/mol. The summed E-state index contributed by atoms with van der Waals surface area (Å²) in [5.74, 6) is 0.528. The van der Waals surface area contributed by atoms with E-state index in [1.54, 1.807) is 23.4 Å². The molecular weight excluding hydrogens is 420 g/mol. The van der Waals surface area contributed by atoms with E-state index in [-0.39, 0.29) is 12.5 Å². The summed E-state index contributed by atoms with van der Waals surface area (Å²) >= 11 is 0. The molecule has 2 N–H and O–H groups in total. The standard InChI is InChI=1S/C25H24N4O4/c1-2-33-21-8-7-20-14-29(24(31)22(20)13-21)15-23(28-25(32)27-16-30)19-5-3-17(4-6-19)18-9-11-26-12-10-18/h3-13,16,23H,2,14-15H2,1H3,(H2,27,28,30,32)/t23-/m0/s1. The summed E-state index contributed by atoms with van der Waals surface area (Å²) in [6.07, 6.45) is 3.78. The average Bonchev–Trinajstić information content (AvgIpc) is 3.14. The average molecular weight is 444 g/mol. The van der Waals surface area contributed by atoms with Crippen molar-refractivity contribution >= 4 is 18.3 Å². The van der Waals surface area contributed by atoms with Gasteiger partial charge in [-0.25, -0.2) is 4.79 Å². The number of nitrogens with zero attached hydrogens (tertiary/aromatic N) is 2. The Labute approximate surface area is 191 Å². The number of urea groups is 1. The number of nitrogens with one attached hydrogen (secondary N) is 2. The molecule has 1 aliphatic rings. The summed E-state index contributed by atoms with van der Waals surface area (Å²) in [5.41, 5.74) is 4.35. The molecule has 168 valence electrons. The van der Waals surface area contributed by atoms with Crippen LogP contribution < -0.4 is 15.4 Å². The van der Waals surface area contributed by atoms with Crippen LogP contribution in [0.5, 0.6) is 5.75 Å².